The van der Waals surface area contributed by atoms with Gasteiger partial charge in [-0.15, -0.1) is 5.10 Å². The van der Waals surface area contributed by atoms with Crippen LogP contribution in [-0.4, -0.2) is 27.3 Å². The van der Waals surface area contributed by atoms with Gasteiger partial charge in [0.05, 0.1) is 12.6 Å². The van der Waals surface area contributed by atoms with Crippen LogP contribution in [0.1, 0.15) is 50.9 Å². The van der Waals surface area contributed by atoms with E-state index >= 15 is 0 Å². The Hall–Kier alpha value is -0.970. The van der Waals surface area contributed by atoms with Crippen LogP contribution in [0.4, 0.5) is 0 Å². The van der Waals surface area contributed by atoms with E-state index in [1.807, 2.05) is 7.05 Å². The Morgan fingerprint density at radius 2 is 1.80 bits per heavy atom. The van der Waals surface area contributed by atoms with Crippen LogP contribution in [-0.2, 0) is 6.54 Å². The molecule has 110 valence electrons. The van der Waals surface area contributed by atoms with Crippen LogP contribution in [0.25, 0.3) is 0 Å². The molecule has 0 saturated heterocycles. The number of hydrogen-bond acceptors (Lipinski definition) is 4. The molecule has 0 aliphatic heterocycles. The van der Waals surface area contributed by atoms with Crippen molar-refractivity contribution in [2.75, 3.05) is 7.05 Å². The molecule has 5 nitrogen and oxygen atoms in total. The van der Waals surface area contributed by atoms with Gasteiger partial charge >= 0.3 is 0 Å². The van der Waals surface area contributed by atoms with Gasteiger partial charge in [0.25, 0.3) is 0 Å². The highest BCUT2D eigenvalue weighted by Gasteiger charge is 2.50. The van der Waals surface area contributed by atoms with Crippen LogP contribution in [0.2, 0.25) is 0 Å². The van der Waals surface area contributed by atoms with E-state index in [0.29, 0.717) is 6.04 Å². The molecule has 5 heteroatoms. The van der Waals surface area contributed by atoms with E-state index in [1.165, 1.54) is 32.1 Å². The smallest absolute Gasteiger partial charge is 0.165 e. The van der Waals surface area contributed by atoms with E-state index in [-0.39, 0.29) is 0 Å². The predicted octanol–water partition coefficient (Wildman–Crippen LogP) is 2.03. The minimum absolute atomic E-state index is 0.448. The Bertz CT molecular complexity index is 454. The van der Waals surface area contributed by atoms with Crippen LogP contribution >= 0.6 is 0 Å². The molecule has 1 aromatic heterocycles. The second-order valence-corrected chi connectivity index (χ2v) is 7.32. The molecule has 4 bridgehead atoms. The minimum atomic E-state index is 0.448. The van der Waals surface area contributed by atoms with Crippen molar-refractivity contribution in [2.45, 2.75) is 51.6 Å². The second kappa shape index (κ2) is 4.79. The lowest BCUT2D eigenvalue weighted by molar-refractivity contribution is -0.0578. The Labute approximate surface area is 120 Å². The van der Waals surface area contributed by atoms with Gasteiger partial charge in [-0.25, -0.2) is 4.68 Å². The van der Waals surface area contributed by atoms with Crippen molar-refractivity contribution < 1.29 is 0 Å². The van der Waals surface area contributed by atoms with Gasteiger partial charge in [-0.2, -0.15) is 0 Å². The highest BCUT2D eigenvalue weighted by molar-refractivity contribution is 5.01. The van der Waals surface area contributed by atoms with Gasteiger partial charge in [-0.05, 0) is 86.1 Å². The second-order valence-electron chi connectivity index (χ2n) is 7.32. The maximum atomic E-state index is 4.28. The molecule has 4 aliphatic carbocycles. The van der Waals surface area contributed by atoms with E-state index in [0.717, 1.165) is 42.0 Å². The van der Waals surface area contributed by atoms with Crippen molar-refractivity contribution in [1.82, 2.24) is 25.5 Å². The molecule has 1 unspecified atom stereocenters. The highest BCUT2D eigenvalue weighted by atomic mass is 15.6. The Balaban J connectivity index is 1.59. The monoisotopic (exact) mass is 275 g/mol. The third-order valence-corrected chi connectivity index (χ3v) is 6.14. The zero-order valence-corrected chi connectivity index (χ0v) is 12.5. The fourth-order valence-electron chi connectivity index (χ4n) is 5.72. The normalized spacial score (nSPS) is 40.2. The quantitative estimate of drug-likeness (QED) is 0.913. The molecule has 0 aromatic carbocycles. The molecule has 1 aromatic rings. The molecule has 0 spiro atoms. The lowest BCUT2D eigenvalue weighted by Crippen LogP contribution is -2.47. The molecule has 1 N–H and O–H groups in total. The first kappa shape index (κ1) is 12.7. The van der Waals surface area contributed by atoms with Gasteiger partial charge < -0.3 is 5.32 Å². The Kier molecular flexibility index (Phi) is 3.05. The third-order valence-electron chi connectivity index (χ3n) is 6.14. The Morgan fingerprint density at radius 1 is 1.15 bits per heavy atom. The molecule has 20 heavy (non-hydrogen) atoms. The van der Waals surface area contributed by atoms with Gasteiger partial charge in [-0.3, -0.25) is 0 Å². The maximum Gasteiger partial charge on any atom is 0.165 e. The van der Waals surface area contributed by atoms with Crippen LogP contribution in [0.5, 0.6) is 0 Å². The summed E-state index contributed by atoms with van der Waals surface area (Å²) < 4.78 is 2.09. The van der Waals surface area contributed by atoms with Gasteiger partial charge in [0.15, 0.2) is 5.82 Å². The zero-order chi connectivity index (χ0) is 13.7. The molecule has 0 amide bonds. The van der Waals surface area contributed by atoms with Crippen molar-refractivity contribution in [1.29, 1.82) is 0 Å². The summed E-state index contributed by atoms with van der Waals surface area (Å²) in [5.41, 5.74) is 0. The van der Waals surface area contributed by atoms with E-state index in [4.69, 9.17) is 0 Å². The molecule has 4 fully saturated rings. The summed E-state index contributed by atoms with van der Waals surface area (Å²) in [4.78, 5) is 0. The lowest BCUT2D eigenvalue weighted by atomic mass is 9.50. The molecule has 0 radical (unpaired) electrons. The molecule has 5 rings (SSSR count). The summed E-state index contributed by atoms with van der Waals surface area (Å²) in [5, 5.41) is 15.5. The number of nitrogens with one attached hydrogen (secondary N) is 1. The van der Waals surface area contributed by atoms with Gasteiger partial charge in [0.2, 0.25) is 0 Å². The Morgan fingerprint density at radius 3 is 2.40 bits per heavy atom. The first-order valence-corrected chi connectivity index (χ1v) is 8.17. The predicted molar refractivity (Wildman–Crippen MR) is 75.8 cm³/mol. The third kappa shape index (κ3) is 1.90. The molecule has 1 atom stereocenters. The zero-order valence-electron chi connectivity index (χ0n) is 12.5. The van der Waals surface area contributed by atoms with Gasteiger partial charge in [-0.1, -0.05) is 0 Å². The standard InChI is InChI=1S/C15H25N5/c1-9(20-14(8-16-2)17-18-19-20)15-12-4-10-3-11(6-12)7-13(15)5-10/h9-13,15-16H,3-8H2,1-2H3. The molecular weight excluding hydrogens is 250 g/mol. The van der Waals surface area contributed by atoms with Gasteiger partial charge in [0, 0.05) is 0 Å². The summed E-state index contributed by atoms with van der Waals surface area (Å²) in [5.74, 6) is 5.69. The highest BCUT2D eigenvalue weighted by Crippen LogP contribution is 2.58. The summed E-state index contributed by atoms with van der Waals surface area (Å²) in [6.45, 7) is 3.09. The first-order chi connectivity index (χ1) is 9.76. The van der Waals surface area contributed by atoms with Crippen LogP contribution in [0.3, 0.4) is 0 Å². The SMILES string of the molecule is CNCc1nnnn1C(C)C1C2CC3CC(C2)CC1C3. The van der Waals surface area contributed by atoms with E-state index in [9.17, 15) is 0 Å². The molecule has 4 saturated carbocycles. The van der Waals surface area contributed by atoms with Crippen molar-refractivity contribution in [2.24, 2.45) is 29.6 Å². The summed E-state index contributed by atoms with van der Waals surface area (Å²) in [7, 11) is 1.95. The van der Waals surface area contributed by atoms with E-state index in [2.05, 4.69) is 32.4 Å². The maximum absolute atomic E-state index is 4.28. The number of rotatable bonds is 4. The van der Waals surface area contributed by atoms with Crippen LogP contribution in [0, 0.1) is 29.6 Å². The van der Waals surface area contributed by atoms with Crippen LogP contribution in [0.15, 0.2) is 0 Å². The van der Waals surface area contributed by atoms with Crippen molar-refractivity contribution in [3.8, 4) is 0 Å². The topological polar surface area (TPSA) is 55.6 Å². The number of aromatic nitrogens is 4. The first-order valence-electron chi connectivity index (χ1n) is 8.17. The molecule has 1 heterocycles. The summed E-state index contributed by atoms with van der Waals surface area (Å²) in [6.07, 6.45) is 7.37. The van der Waals surface area contributed by atoms with E-state index < -0.39 is 0 Å². The van der Waals surface area contributed by atoms with Crippen molar-refractivity contribution in [3.05, 3.63) is 5.82 Å². The molecular formula is C15H25N5. The lowest BCUT2D eigenvalue weighted by Gasteiger charge is -2.56. The summed E-state index contributed by atoms with van der Waals surface area (Å²) in [6, 6.07) is 0.448. The number of nitrogens with zero attached hydrogens (tertiary/aromatic N) is 4. The fraction of sp³-hybridized carbons (Fsp3) is 0.933. The van der Waals surface area contributed by atoms with Gasteiger partial charge in [0.1, 0.15) is 0 Å². The summed E-state index contributed by atoms with van der Waals surface area (Å²) >= 11 is 0. The largest absolute Gasteiger partial charge is 0.313 e. The number of hydrogen-bond donors (Lipinski definition) is 1. The average molecular weight is 275 g/mol. The van der Waals surface area contributed by atoms with Crippen LogP contribution < -0.4 is 5.32 Å². The molecule has 4 aliphatic rings. The van der Waals surface area contributed by atoms with E-state index in [1.54, 1.807) is 0 Å². The average Bonchev–Trinajstić information content (AvgIpc) is 2.86. The minimum Gasteiger partial charge on any atom is -0.313 e. The fourth-order valence-corrected chi connectivity index (χ4v) is 5.72. The number of tetrazole rings is 1. The van der Waals surface area contributed by atoms with Crippen molar-refractivity contribution in [3.63, 3.8) is 0 Å². The van der Waals surface area contributed by atoms with Crippen molar-refractivity contribution >= 4 is 0 Å².